The summed E-state index contributed by atoms with van der Waals surface area (Å²) in [6.07, 6.45) is 2.58. The highest BCUT2D eigenvalue weighted by molar-refractivity contribution is 6.01. The zero-order valence-corrected chi connectivity index (χ0v) is 9.77. The fourth-order valence-electron chi connectivity index (χ4n) is 1.77. The number of amidine groups is 1. The van der Waals surface area contributed by atoms with Crippen LogP contribution in [0.3, 0.4) is 0 Å². The number of fused-ring (bicyclic) bond motifs is 1. The van der Waals surface area contributed by atoms with Gasteiger partial charge in [-0.1, -0.05) is 0 Å². The van der Waals surface area contributed by atoms with E-state index in [4.69, 9.17) is 5.73 Å². The smallest absolute Gasteiger partial charge is 0.221 e. The van der Waals surface area contributed by atoms with Crippen molar-refractivity contribution in [3.05, 3.63) is 29.6 Å². The zero-order chi connectivity index (χ0) is 12.3. The quantitative estimate of drug-likeness (QED) is 0.401. The lowest BCUT2D eigenvalue weighted by atomic mass is 10.2. The summed E-state index contributed by atoms with van der Waals surface area (Å²) in [7, 11) is 1.90. The number of hydrogen-bond acceptors (Lipinski definition) is 5. The van der Waals surface area contributed by atoms with Crippen molar-refractivity contribution in [3.63, 3.8) is 0 Å². The van der Waals surface area contributed by atoms with Crippen LogP contribution in [0.25, 0.3) is 0 Å². The monoisotopic (exact) mass is 235 g/mol. The van der Waals surface area contributed by atoms with Gasteiger partial charge >= 0.3 is 0 Å². The van der Waals surface area contributed by atoms with Gasteiger partial charge in [-0.15, -0.1) is 0 Å². The number of aliphatic imine (C=N–C) groups is 1. The molecule has 0 amide bonds. The lowest BCUT2D eigenvalue weighted by Gasteiger charge is -2.17. The van der Waals surface area contributed by atoms with E-state index in [9.17, 15) is 5.11 Å². The van der Waals surface area contributed by atoms with E-state index in [1.807, 2.05) is 7.05 Å². The summed E-state index contributed by atoms with van der Waals surface area (Å²) in [5.41, 5.74) is 6.91. The van der Waals surface area contributed by atoms with Gasteiger partial charge < -0.3 is 15.7 Å². The Labute approximate surface area is 100.0 Å². The Morgan fingerprint density at radius 2 is 2.47 bits per heavy atom. The van der Waals surface area contributed by atoms with E-state index in [1.165, 1.54) is 0 Å². The third-order valence-corrected chi connectivity index (χ3v) is 2.61. The van der Waals surface area contributed by atoms with Gasteiger partial charge in [0.25, 0.3) is 0 Å². The molecule has 0 aromatic carbocycles. The van der Waals surface area contributed by atoms with Crippen LogP contribution >= 0.6 is 0 Å². The number of nitrogens with zero attached hydrogens (tertiary/aromatic N) is 2. The minimum Gasteiger partial charge on any atom is -0.355 e. The second-order valence-corrected chi connectivity index (χ2v) is 3.98. The molecule has 1 aliphatic rings. The number of aliphatic hydroxyl groups is 1. The van der Waals surface area contributed by atoms with Crippen molar-refractivity contribution in [1.82, 2.24) is 15.6 Å². The number of nitrogens with one attached hydrogen (secondary N) is 2. The van der Waals surface area contributed by atoms with Crippen LogP contribution in [0.5, 0.6) is 0 Å². The Bertz CT molecular complexity index is 430. The normalized spacial score (nSPS) is 24.8. The average Bonchev–Trinajstić information content (AvgIpc) is 2.58. The van der Waals surface area contributed by atoms with Crippen LogP contribution in [0.4, 0.5) is 0 Å². The van der Waals surface area contributed by atoms with Gasteiger partial charge in [-0.2, -0.15) is 0 Å². The van der Waals surface area contributed by atoms with Gasteiger partial charge in [0.15, 0.2) is 5.84 Å². The molecule has 0 spiro atoms. The third-order valence-electron chi connectivity index (χ3n) is 2.61. The van der Waals surface area contributed by atoms with Crippen LogP contribution in [0.15, 0.2) is 23.3 Å². The Hall–Kier alpha value is -1.50. The number of aromatic nitrogens is 1. The fourth-order valence-corrected chi connectivity index (χ4v) is 1.77. The van der Waals surface area contributed by atoms with Gasteiger partial charge in [-0.3, -0.25) is 15.7 Å². The molecule has 0 saturated heterocycles. The summed E-state index contributed by atoms with van der Waals surface area (Å²) in [6, 6.07) is 3.48. The van der Waals surface area contributed by atoms with Crippen molar-refractivity contribution in [2.24, 2.45) is 10.7 Å². The van der Waals surface area contributed by atoms with Crippen LogP contribution in [-0.2, 0) is 5.85 Å². The van der Waals surface area contributed by atoms with Gasteiger partial charge in [0.05, 0.1) is 0 Å². The predicted molar refractivity (Wildman–Crippen MR) is 65.4 cm³/mol. The second-order valence-electron chi connectivity index (χ2n) is 3.98. The summed E-state index contributed by atoms with van der Waals surface area (Å²) in [5.74, 6) is -1.01. The molecule has 17 heavy (non-hydrogen) atoms. The van der Waals surface area contributed by atoms with E-state index in [0.717, 1.165) is 13.0 Å². The molecule has 0 fully saturated rings. The van der Waals surface area contributed by atoms with E-state index in [1.54, 1.807) is 18.3 Å². The number of nitrogens with two attached hydrogens (primary N) is 1. The maximum Gasteiger partial charge on any atom is 0.221 e. The molecule has 0 saturated carbocycles. The van der Waals surface area contributed by atoms with Gasteiger partial charge in [0.1, 0.15) is 5.69 Å². The van der Waals surface area contributed by atoms with Crippen LogP contribution in [0.2, 0.25) is 0 Å². The van der Waals surface area contributed by atoms with Gasteiger partial charge in [-0.05, 0) is 32.1 Å². The van der Waals surface area contributed by atoms with E-state index >= 15 is 0 Å². The molecule has 0 bridgehead atoms. The molecule has 1 aromatic rings. The molecular weight excluding hydrogens is 218 g/mol. The van der Waals surface area contributed by atoms with Crippen LogP contribution in [0, 0.1) is 0 Å². The first-order valence-electron chi connectivity index (χ1n) is 5.59. The summed E-state index contributed by atoms with van der Waals surface area (Å²) in [4.78, 5) is 8.55. The van der Waals surface area contributed by atoms with Gasteiger partial charge in [0, 0.05) is 18.3 Å². The van der Waals surface area contributed by atoms with Crippen molar-refractivity contribution in [2.75, 3.05) is 20.1 Å². The maximum atomic E-state index is 9.95. The van der Waals surface area contributed by atoms with E-state index in [2.05, 4.69) is 20.6 Å². The molecule has 2 rings (SSSR count). The van der Waals surface area contributed by atoms with Crippen LogP contribution in [0.1, 0.15) is 17.7 Å². The Kier molecular flexibility index (Phi) is 3.37. The summed E-state index contributed by atoms with van der Waals surface area (Å²) < 4.78 is 0. The van der Waals surface area contributed by atoms with Crippen molar-refractivity contribution in [3.8, 4) is 0 Å². The number of pyridine rings is 1. The molecule has 2 heterocycles. The number of hydrogen-bond donors (Lipinski definition) is 4. The third kappa shape index (κ3) is 2.44. The zero-order valence-electron chi connectivity index (χ0n) is 9.77. The topological polar surface area (TPSA) is 95.6 Å². The summed E-state index contributed by atoms with van der Waals surface area (Å²) in [6.45, 7) is 1.56. The maximum absolute atomic E-state index is 9.95. The molecule has 6 nitrogen and oxygen atoms in total. The minimum atomic E-state index is -1.56. The first kappa shape index (κ1) is 12.0. The van der Waals surface area contributed by atoms with Crippen molar-refractivity contribution in [1.29, 1.82) is 0 Å². The summed E-state index contributed by atoms with van der Waals surface area (Å²) >= 11 is 0. The molecule has 1 aliphatic heterocycles. The first-order valence-corrected chi connectivity index (χ1v) is 5.59. The minimum absolute atomic E-state index is 0.557. The molecule has 1 unspecified atom stereocenters. The van der Waals surface area contributed by atoms with Gasteiger partial charge in [0.2, 0.25) is 5.85 Å². The Morgan fingerprint density at radius 1 is 1.65 bits per heavy atom. The first-order chi connectivity index (χ1) is 8.15. The SMILES string of the molecule is CNCCCN=C1NC(N)(O)c2cccnc21. The molecule has 1 atom stereocenters. The molecule has 6 heteroatoms. The predicted octanol–water partition coefficient (Wildman–Crippen LogP) is -0.898. The average molecular weight is 235 g/mol. The molecular formula is C11H17N5O. The highest BCUT2D eigenvalue weighted by Gasteiger charge is 2.37. The lowest BCUT2D eigenvalue weighted by molar-refractivity contribution is 0.0333. The Balaban J connectivity index is 2.17. The van der Waals surface area contributed by atoms with Crippen molar-refractivity contribution >= 4 is 5.84 Å². The largest absolute Gasteiger partial charge is 0.355 e. The number of rotatable bonds is 4. The summed E-state index contributed by atoms with van der Waals surface area (Å²) in [5, 5.41) is 15.8. The van der Waals surface area contributed by atoms with E-state index in [-0.39, 0.29) is 0 Å². The molecule has 5 N–H and O–H groups in total. The fraction of sp³-hybridized carbons (Fsp3) is 0.455. The molecule has 92 valence electrons. The highest BCUT2D eigenvalue weighted by atomic mass is 16.3. The molecule has 1 aromatic heterocycles. The Morgan fingerprint density at radius 3 is 3.24 bits per heavy atom. The van der Waals surface area contributed by atoms with Crippen LogP contribution < -0.4 is 16.4 Å². The van der Waals surface area contributed by atoms with Gasteiger partial charge in [-0.25, -0.2) is 0 Å². The van der Waals surface area contributed by atoms with E-state index < -0.39 is 5.85 Å². The molecule has 0 radical (unpaired) electrons. The lowest BCUT2D eigenvalue weighted by Crippen LogP contribution is -2.47. The van der Waals surface area contributed by atoms with E-state index in [0.29, 0.717) is 23.6 Å². The van der Waals surface area contributed by atoms with Crippen molar-refractivity contribution < 1.29 is 5.11 Å². The standard InChI is InChI=1S/C11H17N5O/c1-13-5-3-7-15-10-9-8(4-2-6-14-9)11(12,17)16-10/h2,4,6,13,17H,3,5,7,12H2,1H3,(H,15,16). The molecule has 0 aliphatic carbocycles. The highest BCUT2D eigenvalue weighted by Crippen LogP contribution is 2.22. The second kappa shape index (κ2) is 4.79. The van der Waals surface area contributed by atoms with Crippen molar-refractivity contribution in [2.45, 2.75) is 12.3 Å². The van der Waals surface area contributed by atoms with Crippen LogP contribution in [-0.4, -0.2) is 36.1 Å².